The Hall–Kier alpha value is -5.68. The maximum atomic E-state index is 14.4. The van der Waals surface area contributed by atoms with Crippen LogP contribution in [0.3, 0.4) is 0 Å². The van der Waals surface area contributed by atoms with Crippen LogP contribution in [0.15, 0.2) is 119 Å². The van der Waals surface area contributed by atoms with Gasteiger partial charge in [0.15, 0.2) is 5.65 Å². The number of rotatable bonds is 9. The lowest BCUT2D eigenvalue weighted by atomic mass is 10.1. The van der Waals surface area contributed by atoms with Gasteiger partial charge in [0.1, 0.15) is 16.2 Å². The number of non-ortho nitro benzene ring substituents is 1. The quantitative estimate of drug-likeness (QED) is 0.111. The number of aryl methyl sites for hydroxylation is 3. The number of aromatic nitrogens is 3. The average molecular weight is 618 g/mol. The fourth-order valence-corrected chi connectivity index (χ4v) is 6.60. The maximum Gasteiger partial charge on any atom is 0.270 e. The summed E-state index contributed by atoms with van der Waals surface area (Å²) in [6.45, 7) is 2.16. The van der Waals surface area contributed by atoms with Crippen molar-refractivity contribution in [2.24, 2.45) is 0 Å². The monoisotopic (exact) mass is 617 g/mol. The highest BCUT2D eigenvalue weighted by Crippen LogP contribution is 2.37. The predicted molar refractivity (Wildman–Crippen MR) is 173 cm³/mol. The molecule has 0 aliphatic rings. The van der Waals surface area contributed by atoms with Crippen LogP contribution in [0.4, 0.5) is 11.5 Å². The van der Waals surface area contributed by atoms with Crippen molar-refractivity contribution in [3.8, 4) is 0 Å². The van der Waals surface area contributed by atoms with Gasteiger partial charge in [0.2, 0.25) is 15.7 Å². The Morgan fingerprint density at radius 2 is 1.60 bits per heavy atom. The number of fused-ring (bicyclic) bond motifs is 2. The minimum atomic E-state index is -4.21. The van der Waals surface area contributed by atoms with Crippen LogP contribution >= 0.6 is 0 Å². The Balaban J connectivity index is 1.53. The van der Waals surface area contributed by atoms with Crippen LogP contribution in [-0.4, -0.2) is 33.8 Å². The van der Waals surface area contributed by atoms with Crippen molar-refractivity contribution >= 4 is 55.5 Å². The van der Waals surface area contributed by atoms with Gasteiger partial charge in [0.05, 0.1) is 20.9 Å². The number of anilines is 1. The molecule has 1 amide bonds. The lowest BCUT2D eigenvalue weighted by Gasteiger charge is -2.13. The zero-order valence-electron chi connectivity index (χ0n) is 24.1. The molecule has 0 saturated carbocycles. The fourth-order valence-electron chi connectivity index (χ4n) is 5.06. The van der Waals surface area contributed by atoms with Crippen molar-refractivity contribution in [2.45, 2.75) is 29.7 Å². The molecule has 0 aliphatic carbocycles. The summed E-state index contributed by atoms with van der Waals surface area (Å²) in [6, 6.07) is 29.2. The first-order valence-electron chi connectivity index (χ1n) is 14.1. The van der Waals surface area contributed by atoms with Crippen LogP contribution in [0.1, 0.15) is 16.7 Å². The summed E-state index contributed by atoms with van der Waals surface area (Å²) in [6.07, 6.45) is 3.16. The largest absolute Gasteiger partial charge is 0.309 e. The molecule has 2 aromatic heterocycles. The van der Waals surface area contributed by atoms with Crippen molar-refractivity contribution in [3.63, 3.8) is 0 Å². The van der Waals surface area contributed by atoms with Crippen molar-refractivity contribution in [1.29, 1.82) is 0 Å². The van der Waals surface area contributed by atoms with E-state index >= 15 is 0 Å². The summed E-state index contributed by atoms with van der Waals surface area (Å²) >= 11 is 0. The van der Waals surface area contributed by atoms with Crippen LogP contribution in [0.25, 0.3) is 28.3 Å². The number of para-hydroxylation sites is 2. The standard InChI is InChI=1S/C34H27N5O5S/c1-23-14-17-27(18-15-23)45(43,44)32-31-33(36-29-13-6-5-12-28(29)35-31)38(21-20-24-8-3-2-4-9-24)34(32)37-30(40)19-16-25-10-7-11-26(22-25)39(41)42/h2-19,22H,20-21H2,1H3,(H,37,40). The molecular weight excluding hydrogens is 590 g/mol. The number of benzene rings is 4. The predicted octanol–water partition coefficient (Wildman–Crippen LogP) is 6.53. The Kier molecular flexibility index (Phi) is 7.93. The molecule has 0 saturated heterocycles. The minimum absolute atomic E-state index is 0.0329. The highest BCUT2D eigenvalue weighted by Gasteiger charge is 2.32. The minimum Gasteiger partial charge on any atom is -0.309 e. The lowest BCUT2D eigenvalue weighted by molar-refractivity contribution is -0.384. The molecule has 2 heterocycles. The first kappa shape index (κ1) is 29.4. The third-order valence-electron chi connectivity index (χ3n) is 7.32. The van der Waals surface area contributed by atoms with Gasteiger partial charge in [-0.1, -0.05) is 72.3 Å². The normalized spacial score (nSPS) is 11.8. The zero-order chi connectivity index (χ0) is 31.6. The van der Waals surface area contributed by atoms with Crippen LogP contribution < -0.4 is 5.32 Å². The molecular formula is C34H27N5O5S. The second-order valence-electron chi connectivity index (χ2n) is 10.4. The second kappa shape index (κ2) is 12.1. The summed E-state index contributed by atoms with van der Waals surface area (Å²) < 4.78 is 30.4. The number of nitrogens with one attached hydrogen (secondary N) is 1. The highest BCUT2D eigenvalue weighted by molar-refractivity contribution is 7.92. The van der Waals surface area contributed by atoms with Crippen LogP contribution in [0.5, 0.6) is 0 Å². The van der Waals surface area contributed by atoms with E-state index in [1.54, 1.807) is 41.0 Å². The van der Waals surface area contributed by atoms with Gasteiger partial charge in [-0.3, -0.25) is 14.9 Å². The van der Waals surface area contributed by atoms with Crippen molar-refractivity contribution < 1.29 is 18.1 Å². The molecule has 6 aromatic rings. The molecule has 1 N–H and O–H groups in total. The zero-order valence-corrected chi connectivity index (χ0v) is 24.9. The van der Waals surface area contributed by atoms with Crippen LogP contribution in [0, 0.1) is 17.0 Å². The van der Waals surface area contributed by atoms with Crippen LogP contribution in [0.2, 0.25) is 0 Å². The Morgan fingerprint density at radius 3 is 2.31 bits per heavy atom. The number of nitro groups is 1. The summed E-state index contributed by atoms with van der Waals surface area (Å²) in [5.74, 6) is -0.597. The fraction of sp³-hybridized carbons (Fsp3) is 0.0882. The summed E-state index contributed by atoms with van der Waals surface area (Å²) in [7, 11) is -4.21. The molecule has 45 heavy (non-hydrogen) atoms. The average Bonchev–Trinajstić information content (AvgIpc) is 3.34. The number of carbonyl (C=O) groups excluding carboxylic acids is 1. The maximum absolute atomic E-state index is 14.4. The van der Waals surface area contributed by atoms with Gasteiger partial charge in [-0.25, -0.2) is 18.4 Å². The van der Waals surface area contributed by atoms with Gasteiger partial charge in [-0.05, 0) is 54.8 Å². The second-order valence-corrected chi connectivity index (χ2v) is 12.3. The smallest absolute Gasteiger partial charge is 0.270 e. The number of sulfone groups is 1. The first-order valence-corrected chi connectivity index (χ1v) is 15.6. The van der Waals surface area contributed by atoms with E-state index in [4.69, 9.17) is 9.97 Å². The van der Waals surface area contributed by atoms with E-state index in [9.17, 15) is 23.3 Å². The summed E-state index contributed by atoms with van der Waals surface area (Å²) in [5.41, 5.74) is 3.76. The Bertz CT molecular complexity index is 2210. The van der Waals surface area contributed by atoms with E-state index in [0.29, 0.717) is 35.2 Å². The third-order valence-corrected chi connectivity index (χ3v) is 9.14. The van der Waals surface area contributed by atoms with Crippen molar-refractivity contribution in [1.82, 2.24) is 14.5 Å². The van der Waals surface area contributed by atoms with E-state index in [2.05, 4.69) is 5.32 Å². The highest BCUT2D eigenvalue weighted by atomic mass is 32.2. The van der Waals surface area contributed by atoms with E-state index in [0.717, 1.165) is 11.1 Å². The molecule has 0 spiro atoms. The molecule has 6 rings (SSSR count). The number of nitro benzene ring substituents is 1. The molecule has 10 nitrogen and oxygen atoms in total. The van der Waals surface area contributed by atoms with Gasteiger partial charge in [0.25, 0.3) is 5.69 Å². The number of hydrogen-bond donors (Lipinski definition) is 1. The molecule has 0 bridgehead atoms. The van der Waals surface area contributed by atoms with E-state index < -0.39 is 20.7 Å². The summed E-state index contributed by atoms with van der Waals surface area (Å²) in [4.78, 5) is 33.6. The van der Waals surface area contributed by atoms with Gasteiger partial charge >= 0.3 is 0 Å². The molecule has 0 aliphatic heterocycles. The molecule has 224 valence electrons. The number of hydrogen-bond acceptors (Lipinski definition) is 7. The molecule has 0 atom stereocenters. The van der Waals surface area contributed by atoms with Crippen molar-refractivity contribution in [2.75, 3.05) is 5.32 Å². The van der Waals surface area contributed by atoms with Crippen LogP contribution in [-0.2, 0) is 27.6 Å². The van der Waals surface area contributed by atoms with E-state index in [1.165, 1.54) is 42.5 Å². The number of carbonyl (C=O) groups is 1. The third kappa shape index (κ3) is 6.06. The molecule has 0 unspecified atom stereocenters. The number of amides is 1. The van der Waals surface area contributed by atoms with E-state index in [1.807, 2.05) is 43.3 Å². The Labute approximate surface area is 258 Å². The van der Waals surface area contributed by atoms with E-state index in [-0.39, 0.29) is 26.8 Å². The topological polar surface area (TPSA) is 137 Å². The molecule has 0 radical (unpaired) electrons. The Morgan fingerprint density at radius 1 is 0.911 bits per heavy atom. The van der Waals surface area contributed by atoms with Gasteiger partial charge in [0, 0.05) is 24.8 Å². The summed E-state index contributed by atoms with van der Waals surface area (Å²) in [5, 5.41) is 14.0. The number of nitrogens with zero attached hydrogens (tertiary/aromatic N) is 4. The van der Waals surface area contributed by atoms with Crippen molar-refractivity contribution in [3.05, 3.63) is 136 Å². The van der Waals surface area contributed by atoms with Gasteiger partial charge < -0.3 is 9.88 Å². The van der Waals surface area contributed by atoms with Gasteiger partial charge in [-0.2, -0.15) is 0 Å². The first-order chi connectivity index (χ1) is 21.7. The molecule has 0 fully saturated rings. The SMILES string of the molecule is Cc1ccc(S(=O)(=O)c2c(NC(=O)C=Cc3cccc([N+](=O)[O-])c3)n(CCc3ccccc3)c3nc4ccccc4nc23)cc1. The lowest BCUT2D eigenvalue weighted by Crippen LogP contribution is -2.16. The molecule has 4 aromatic carbocycles. The molecule has 11 heteroatoms. The van der Waals surface area contributed by atoms with Gasteiger partial charge in [-0.15, -0.1) is 0 Å².